The molecule has 0 fully saturated rings. The molecule has 2 aromatic rings. The Morgan fingerprint density at radius 1 is 1.43 bits per heavy atom. The number of aromatic nitrogens is 2. The number of anilines is 1. The average Bonchev–Trinajstić information content (AvgIpc) is 2.51. The first-order chi connectivity index (χ1) is 6.66. The van der Waals surface area contributed by atoms with E-state index in [1.165, 1.54) is 6.07 Å². The van der Waals surface area contributed by atoms with E-state index < -0.39 is 0 Å². The van der Waals surface area contributed by atoms with Crippen LogP contribution in [0.4, 0.5) is 5.95 Å². The summed E-state index contributed by atoms with van der Waals surface area (Å²) in [6.45, 7) is 0. The normalized spacial score (nSPS) is 10.4. The van der Waals surface area contributed by atoms with Crippen LogP contribution in [-0.2, 0) is 0 Å². The summed E-state index contributed by atoms with van der Waals surface area (Å²) in [5.41, 5.74) is 6.92. The Morgan fingerprint density at radius 2 is 2.21 bits per heavy atom. The van der Waals surface area contributed by atoms with Crippen LogP contribution in [0.1, 0.15) is 0 Å². The van der Waals surface area contributed by atoms with Crippen molar-refractivity contribution in [3.8, 4) is 17.0 Å². The largest absolute Gasteiger partial charge is 0.508 e. The maximum atomic E-state index is 9.15. The van der Waals surface area contributed by atoms with Crippen LogP contribution in [0.25, 0.3) is 11.3 Å². The van der Waals surface area contributed by atoms with E-state index in [9.17, 15) is 0 Å². The van der Waals surface area contributed by atoms with Crippen molar-refractivity contribution < 1.29 is 5.11 Å². The highest BCUT2D eigenvalue weighted by Crippen LogP contribution is 2.29. The van der Waals surface area contributed by atoms with E-state index in [-0.39, 0.29) is 5.75 Å². The fourth-order valence-electron chi connectivity index (χ4n) is 1.20. The Morgan fingerprint density at radius 3 is 2.79 bits per heavy atom. The zero-order valence-corrected chi connectivity index (χ0v) is 7.92. The van der Waals surface area contributed by atoms with Crippen molar-refractivity contribution in [1.82, 2.24) is 9.97 Å². The number of nitrogens with one attached hydrogen (secondary N) is 1. The maximum Gasteiger partial charge on any atom is 0.197 e. The number of phenolic OH excluding ortho intramolecular Hbond substituents is 1. The van der Waals surface area contributed by atoms with Gasteiger partial charge in [0.05, 0.1) is 16.9 Å². The third-order valence-electron chi connectivity index (χ3n) is 1.84. The van der Waals surface area contributed by atoms with E-state index in [0.29, 0.717) is 11.0 Å². The van der Waals surface area contributed by atoms with E-state index in [0.717, 1.165) is 11.3 Å². The smallest absolute Gasteiger partial charge is 0.197 e. The summed E-state index contributed by atoms with van der Waals surface area (Å²) >= 11 is 5.92. The molecule has 14 heavy (non-hydrogen) atoms. The highest BCUT2D eigenvalue weighted by atomic mass is 35.5. The van der Waals surface area contributed by atoms with Gasteiger partial charge in [0.2, 0.25) is 0 Å². The van der Waals surface area contributed by atoms with Crippen LogP contribution >= 0.6 is 11.6 Å². The topological polar surface area (TPSA) is 74.9 Å². The molecule has 1 aromatic carbocycles. The molecule has 0 unspecified atom stereocenters. The highest BCUT2D eigenvalue weighted by molar-refractivity contribution is 6.33. The number of nitrogens with two attached hydrogens (primary N) is 1. The second kappa shape index (κ2) is 3.23. The summed E-state index contributed by atoms with van der Waals surface area (Å²) in [6.07, 6.45) is 1.59. The van der Waals surface area contributed by atoms with Gasteiger partial charge in [-0.25, -0.2) is 4.98 Å². The third kappa shape index (κ3) is 1.52. The summed E-state index contributed by atoms with van der Waals surface area (Å²) in [5, 5.41) is 9.61. The fraction of sp³-hybridized carbons (Fsp3) is 0. The van der Waals surface area contributed by atoms with E-state index in [1.54, 1.807) is 18.3 Å². The van der Waals surface area contributed by atoms with Gasteiger partial charge in [0.1, 0.15) is 5.75 Å². The quantitative estimate of drug-likeness (QED) is 0.673. The van der Waals surface area contributed by atoms with Gasteiger partial charge in [-0.05, 0) is 18.2 Å². The zero-order chi connectivity index (χ0) is 10.1. The highest BCUT2D eigenvalue weighted by Gasteiger charge is 2.06. The van der Waals surface area contributed by atoms with Gasteiger partial charge in [-0.3, -0.25) is 0 Å². The standard InChI is InChI=1S/C9H8ClN3O/c10-7-3-5(14)1-2-6(7)8-4-12-9(11)13-8/h1-4,14H,(H3,11,12,13). The zero-order valence-electron chi connectivity index (χ0n) is 7.16. The van der Waals surface area contributed by atoms with Gasteiger partial charge >= 0.3 is 0 Å². The van der Waals surface area contributed by atoms with Gasteiger partial charge < -0.3 is 15.8 Å². The monoisotopic (exact) mass is 209 g/mol. The molecule has 0 spiro atoms. The number of phenols is 1. The first-order valence-electron chi connectivity index (χ1n) is 3.96. The summed E-state index contributed by atoms with van der Waals surface area (Å²) in [6, 6.07) is 4.72. The molecule has 0 atom stereocenters. The van der Waals surface area contributed by atoms with Gasteiger partial charge in [-0.1, -0.05) is 11.6 Å². The molecule has 2 rings (SSSR count). The molecule has 5 heteroatoms. The van der Waals surface area contributed by atoms with Gasteiger partial charge in [-0.15, -0.1) is 0 Å². The van der Waals surface area contributed by atoms with Crippen LogP contribution in [0.15, 0.2) is 24.4 Å². The minimum absolute atomic E-state index is 0.131. The van der Waals surface area contributed by atoms with Crippen LogP contribution in [0, 0.1) is 0 Å². The molecule has 4 N–H and O–H groups in total. The van der Waals surface area contributed by atoms with Crippen molar-refractivity contribution in [2.75, 3.05) is 5.73 Å². The van der Waals surface area contributed by atoms with E-state index in [2.05, 4.69) is 9.97 Å². The number of hydrogen-bond donors (Lipinski definition) is 3. The summed E-state index contributed by atoms with van der Waals surface area (Å²) < 4.78 is 0. The lowest BCUT2D eigenvalue weighted by molar-refractivity contribution is 0.475. The SMILES string of the molecule is Nc1ncc(-c2ccc(O)cc2Cl)[nH]1. The second-order valence-electron chi connectivity index (χ2n) is 2.85. The average molecular weight is 210 g/mol. The number of aromatic hydroxyl groups is 1. The summed E-state index contributed by atoms with van der Waals surface area (Å²) in [7, 11) is 0. The first kappa shape index (κ1) is 8.90. The fourth-order valence-corrected chi connectivity index (χ4v) is 1.47. The van der Waals surface area contributed by atoms with Gasteiger partial charge in [0, 0.05) is 5.56 Å². The number of nitrogen functional groups attached to an aromatic ring is 1. The molecule has 0 aliphatic rings. The number of hydrogen-bond acceptors (Lipinski definition) is 3. The molecule has 72 valence electrons. The molecule has 0 aliphatic heterocycles. The molecular formula is C9H8ClN3O. The molecule has 0 saturated heterocycles. The van der Waals surface area contributed by atoms with Crippen molar-refractivity contribution in [2.45, 2.75) is 0 Å². The van der Waals surface area contributed by atoms with Gasteiger partial charge in [0.15, 0.2) is 5.95 Å². The van der Waals surface area contributed by atoms with Crippen molar-refractivity contribution >= 4 is 17.5 Å². The molecule has 1 heterocycles. The number of halogens is 1. The van der Waals surface area contributed by atoms with Crippen LogP contribution in [0.3, 0.4) is 0 Å². The lowest BCUT2D eigenvalue weighted by atomic mass is 10.1. The maximum absolute atomic E-state index is 9.15. The predicted octanol–water partition coefficient (Wildman–Crippen LogP) is 2.02. The van der Waals surface area contributed by atoms with Crippen LogP contribution in [0.5, 0.6) is 5.75 Å². The van der Waals surface area contributed by atoms with E-state index in [4.69, 9.17) is 22.4 Å². The number of aromatic amines is 1. The Balaban J connectivity index is 2.52. The van der Waals surface area contributed by atoms with Crippen LogP contribution < -0.4 is 5.73 Å². The van der Waals surface area contributed by atoms with E-state index in [1.807, 2.05) is 0 Å². The molecule has 0 aliphatic carbocycles. The predicted molar refractivity (Wildman–Crippen MR) is 55.1 cm³/mol. The molecule has 0 bridgehead atoms. The van der Waals surface area contributed by atoms with Crippen LogP contribution in [-0.4, -0.2) is 15.1 Å². The minimum Gasteiger partial charge on any atom is -0.508 e. The Labute approximate surface area is 85.4 Å². The second-order valence-corrected chi connectivity index (χ2v) is 3.25. The Bertz CT molecular complexity index is 467. The number of H-pyrrole nitrogens is 1. The molecule has 0 radical (unpaired) electrons. The van der Waals surface area contributed by atoms with Crippen LogP contribution in [0.2, 0.25) is 5.02 Å². The molecule has 1 aromatic heterocycles. The Kier molecular flexibility index (Phi) is 2.05. The Hall–Kier alpha value is -1.68. The minimum atomic E-state index is 0.131. The summed E-state index contributed by atoms with van der Waals surface area (Å²) in [4.78, 5) is 6.71. The van der Waals surface area contributed by atoms with Crippen molar-refractivity contribution in [2.24, 2.45) is 0 Å². The van der Waals surface area contributed by atoms with Gasteiger partial charge in [-0.2, -0.15) is 0 Å². The van der Waals surface area contributed by atoms with E-state index >= 15 is 0 Å². The third-order valence-corrected chi connectivity index (χ3v) is 2.15. The number of rotatable bonds is 1. The summed E-state index contributed by atoms with van der Waals surface area (Å²) in [5.74, 6) is 0.468. The van der Waals surface area contributed by atoms with Crippen molar-refractivity contribution in [3.05, 3.63) is 29.4 Å². The number of imidazole rings is 1. The molecule has 0 saturated carbocycles. The molecular weight excluding hydrogens is 202 g/mol. The van der Waals surface area contributed by atoms with Gasteiger partial charge in [0.25, 0.3) is 0 Å². The van der Waals surface area contributed by atoms with Crippen molar-refractivity contribution in [3.63, 3.8) is 0 Å². The number of benzene rings is 1. The first-order valence-corrected chi connectivity index (χ1v) is 4.34. The number of nitrogens with zero attached hydrogens (tertiary/aromatic N) is 1. The lowest BCUT2D eigenvalue weighted by Gasteiger charge is -2.01. The lowest BCUT2D eigenvalue weighted by Crippen LogP contribution is -1.85. The van der Waals surface area contributed by atoms with Crippen molar-refractivity contribution in [1.29, 1.82) is 0 Å². The molecule has 4 nitrogen and oxygen atoms in total. The molecule has 0 amide bonds.